The van der Waals surface area contributed by atoms with Crippen LogP contribution in [0.4, 0.5) is 13.2 Å². The number of halogens is 3. The van der Waals surface area contributed by atoms with Gasteiger partial charge in [-0.15, -0.1) is 0 Å². The zero-order valence-corrected chi connectivity index (χ0v) is 11.9. The Hall–Kier alpha value is -1.82. The lowest BCUT2D eigenvalue weighted by Gasteiger charge is -2.17. The molecule has 0 saturated heterocycles. The lowest BCUT2D eigenvalue weighted by atomic mass is 9.98. The van der Waals surface area contributed by atoms with Crippen LogP contribution in [0.1, 0.15) is 35.5 Å². The van der Waals surface area contributed by atoms with Gasteiger partial charge in [0.05, 0.1) is 17.4 Å². The van der Waals surface area contributed by atoms with Gasteiger partial charge in [0, 0.05) is 18.7 Å². The van der Waals surface area contributed by atoms with Crippen molar-refractivity contribution in [3.05, 3.63) is 52.8 Å². The maximum atomic E-state index is 13.0. The summed E-state index contributed by atoms with van der Waals surface area (Å²) in [7, 11) is 0. The van der Waals surface area contributed by atoms with E-state index in [0.29, 0.717) is 6.54 Å². The number of alkyl halides is 3. The van der Waals surface area contributed by atoms with Crippen molar-refractivity contribution in [2.45, 2.75) is 39.1 Å². The quantitative estimate of drug-likeness (QED) is 0.938. The van der Waals surface area contributed by atoms with Gasteiger partial charge in [0.2, 0.25) is 0 Å². The first-order chi connectivity index (χ1) is 9.82. The van der Waals surface area contributed by atoms with Crippen molar-refractivity contribution in [1.29, 1.82) is 0 Å². The van der Waals surface area contributed by atoms with Gasteiger partial charge < -0.3 is 5.11 Å². The number of benzene rings is 1. The fraction of sp³-hybridized carbons (Fsp3) is 0.400. The number of hydrogen-bond acceptors (Lipinski definition) is 2. The molecule has 21 heavy (non-hydrogen) atoms. The molecule has 0 spiro atoms. The van der Waals surface area contributed by atoms with E-state index in [-0.39, 0.29) is 12.0 Å². The Morgan fingerprint density at radius 1 is 1.29 bits per heavy atom. The summed E-state index contributed by atoms with van der Waals surface area (Å²) in [6, 6.07) is 6.90. The Kier molecular flexibility index (Phi) is 4.37. The van der Waals surface area contributed by atoms with Crippen LogP contribution >= 0.6 is 0 Å². The monoisotopic (exact) mass is 298 g/mol. The average Bonchev–Trinajstić information content (AvgIpc) is 2.77. The minimum absolute atomic E-state index is 0.0990. The summed E-state index contributed by atoms with van der Waals surface area (Å²) in [6.07, 6.45) is -5.59. The predicted molar refractivity (Wildman–Crippen MR) is 72.7 cm³/mol. The zero-order chi connectivity index (χ0) is 15.6. The van der Waals surface area contributed by atoms with E-state index in [4.69, 9.17) is 0 Å². The largest absolute Gasteiger partial charge is 0.416 e. The van der Waals surface area contributed by atoms with E-state index in [1.54, 1.807) is 10.7 Å². The molecular formula is C15H17F3N2O. The topological polar surface area (TPSA) is 38.0 Å². The van der Waals surface area contributed by atoms with Crippen molar-refractivity contribution >= 4 is 0 Å². The molecule has 1 heterocycles. The van der Waals surface area contributed by atoms with Crippen LogP contribution in [0, 0.1) is 6.92 Å². The molecule has 2 aromatic rings. The van der Waals surface area contributed by atoms with Crippen LogP contribution in [0.15, 0.2) is 30.3 Å². The standard InChI is InChI=1S/C15H17F3N2O/c1-3-20-11(8-10(2)19-20)9-14(21)12-6-4-5-7-13(12)15(16,17)18/h4-8,14,21H,3,9H2,1-2H3. The van der Waals surface area contributed by atoms with Crippen LogP contribution in [0.2, 0.25) is 0 Å². The second-order valence-corrected chi connectivity index (χ2v) is 4.90. The molecule has 1 unspecified atom stereocenters. The van der Waals surface area contributed by atoms with E-state index in [1.165, 1.54) is 18.2 Å². The molecule has 0 aliphatic heterocycles. The number of nitrogens with zero attached hydrogens (tertiary/aromatic N) is 2. The summed E-state index contributed by atoms with van der Waals surface area (Å²) in [6.45, 7) is 4.31. The van der Waals surface area contributed by atoms with Crippen molar-refractivity contribution in [2.75, 3.05) is 0 Å². The van der Waals surface area contributed by atoms with Gasteiger partial charge in [-0.1, -0.05) is 18.2 Å². The van der Waals surface area contributed by atoms with Gasteiger partial charge in [0.15, 0.2) is 0 Å². The summed E-state index contributed by atoms with van der Waals surface area (Å²) >= 11 is 0. The normalized spacial score (nSPS) is 13.4. The van der Waals surface area contributed by atoms with E-state index in [9.17, 15) is 18.3 Å². The molecule has 0 aliphatic rings. The lowest BCUT2D eigenvalue weighted by Crippen LogP contribution is -2.14. The van der Waals surface area contributed by atoms with Crippen LogP contribution in [0.5, 0.6) is 0 Å². The zero-order valence-electron chi connectivity index (χ0n) is 11.9. The molecule has 0 aliphatic carbocycles. The summed E-state index contributed by atoms with van der Waals surface area (Å²) < 4.78 is 40.6. The van der Waals surface area contributed by atoms with Gasteiger partial charge in [-0.25, -0.2) is 0 Å². The SMILES string of the molecule is CCn1nc(C)cc1CC(O)c1ccccc1C(F)(F)F. The minimum atomic E-state index is -4.47. The first-order valence-electron chi connectivity index (χ1n) is 6.70. The lowest BCUT2D eigenvalue weighted by molar-refractivity contribution is -0.139. The van der Waals surface area contributed by atoms with Crippen LogP contribution in [-0.4, -0.2) is 14.9 Å². The van der Waals surface area contributed by atoms with E-state index in [1.807, 2.05) is 13.8 Å². The molecule has 2 rings (SSSR count). The van der Waals surface area contributed by atoms with E-state index < -0.39 is 17.8 Å². The maximum absolute atomic E-state index is 13.0. The van der Waals surface area contributed by atoms with Crippen molar-refractivity contribution in [1.82, 2.24) is 9.78 Å². The Bertz CT molecular complexity index is 620. The van der Waals surface area contributed by atoms with Gasteiger partial charge in [-0.2, -0.15) is 18.3 Å². The smallest absolute Gasteiger partial charge is 0.388 e. The van der Waals surface area contributed by atoms with Crippen LogP contribution in [0.25, 0.3) is 0 Å². The first kappa shape index (κ1) is 15.6. The second kappa shape index (κ2) is 5.89. The molecule has 0 amide bonds. The number of aromatic nitrogens is 2. The second-order valence-electron chi connectivity index (χ2n) is 4.90. The highest BCUT2D eigenvalue weighted by Crippen LogP contribution is 2.35. The molecule has 1 N–H and O–H groups in total. The molecular weight excluding hydrogens is 281 g/mol. The molecule has 1 aromatic heterocycles. The first-order valence-corrected chi connectivity index (χ1v) is 6.70. The molecule has 0 radical (unpaired) electrons. The highest BCUT2D eigenvalue weighted by molar-refractivity contribution is 5.32. The third-order valence-electron chi connectivity index (χ3n) is 3.31. The number of aliphatic hydroxyl groups is 1. The third kappa shape index (κ3) is 3.44. The number of aryl methyl sites for hydroxylation is 2. The Morgan fingerprint density at radius 3 is 2.57 bits per heavy atom. The molecule has 0 bridgehead atoms. The molecule has 3 nitrogen and oxygen atoms in total. The Labute approximate surface area is 121 Å². The van der Waals surface area contributed by atoms with Gasteiger partial charge in [-0.3, -0.25) is 4.68 Å². The number of hydrogen-bond donors (Lipinski definition) is 1. The van der Waals surface area contributed by atoms with E-state index in [0.717, 1.165) is 17.5 Å². The van der Waals surface area contributed by atoms with Crippen LogP contribution < -0.4 is 0 Å². The third-order valence-corrected chi connectivity index (χ3v) is 3.31. The average molecular weight is 298 g/mol. The van der Waals surface area contributed by atoms with E-state index >= 15 is 0 Å². The Morgan fingerprint density at radius 2 is 1.95 bits per heavy atom. The van der Waals surface area contributed by atoms with Crippen molar-refractivity contribution in [2.24, 2.45) is 0 Å². The highest BCUT2D eigenvalue weighted by Gasteiger charge is 2.34. The van der Waals surface area contributed by atoms with Crippen molar-refractivity contribution in [3.8, 4) is 0 Å². The van der Waals surface area contributed by atoms with Crippen molar-refractivity contribution < 1.29 is 18.3 Å². The summed E-state index contributed by atoms with van der Waals surface area (Å²) in [5, 5.41) is 14.4. The molecule has 0 saturated carbocycles. The van der Waals surface area contributed by atoms with Crippen LogP contribution in [-0.2, 0) is 19.1 Å². The van der Waals surface area contributed by atoms with Crippen LogP contribution in [0.3, 0.4) is 0 Å². The number of rotatable bonds is 4. The van der Waals surface area contributed by atoms with Gasteiger partial charge in [0.1, 0.15) is 0 Å². The fourth-order valence-electron chi connectivity index (χ4n) is 2.39. The van der Waals surface area contributed by atoms with Gasteiger partial charge >= 0.3 is 6.18 Å². The molecule has 1 aromatic carbocycles. The minimum Gasteiger partial charge on any atom is -0.388 e. The number of aliphatic hydroxyl groups excluding tert-OH is 1. The molecule has 114 valence electrons. The summed E-state index contributed by atoms with van der Waals surface area (Å²) in [5.74, 6) is 0. The van der Waals surface area contributed by atoms with Gasteiger partial charge in [-0.05, 0) is 31.5 Å². The Balaban J connectivity index is 2.31. The summed E-state index contributed by atoms with van der Waals surface area (Å²) in [5.41, 5.74) is 0.603. The predicted octanol–water partition coefficient (Wildman–Crippen LogP) is 3.51. The fourth-order valence-corrected chi connectivity index (χ4v) is 2.39. The summed E-state index contributed by atoms with van der Waals surface area (Å²) in [4.78, 5) is 0. The van der Waals surface area contributed by atoms with Crippen molar-refractivity contribution in [3.63, 3.8) is 0 Å². The highest BCUT2D eigenvalue weighted by atomic mass is 19.4. The molecule has 0 fully saturated rings. The molecule has 1 atom stereocenters. The molecule has 6 heteroatoms. The van der Waals surface area contributed by atoms with E-state index in [2.05, 4.69) is 5.10 Å². The maximum Gasteiger partial charge on any atom is 0.416 e. The van der Waals surface area contributed by atoms with Gasteiger partial charge in [0.25, 0.3) is 0 Å².